The zero-order chi connectivity index (χ0) is 21.8. The average Bonchev–Trinajstić information content (AvgIpc) is 3.42. The van der Waals surface area contributed by atoms with Crippen LogP contribution in [0, 0.1) is 0 Å². The lowest BCUT2D eigenvalue weighted by molar-refractivity contribution is -0.130. The van der Waals surface area contributed by atoms with Crippen LogP contribution in [0.1, 0.15) is 23.3 Å². The molecule has 1 unspecified atom stereocenters. The number of aromatic nitrogens is 2. The Kier molecular flexibility index (Phi) is 4.56. The second-order valence-electron chi connectivity index (χ2n) is 7.61. The first kappa shape index (κ1) is 19.7. The fraction of sp³-hybridized carbons (Fsp3) is 0.182. The maximum Gasteiger partial charge on any atom is 0.239 e. The van der Waals surface area contributed by atoms with E-state index in [-0.39, 0.29) is 11.9 Å². The van der Waals surface area contributed by atoms with Gasteiger partial charge in [0.25, 0.3) is 0 Å². The van der Waals surface area contributed by atoms with Crippen LogP contribution in [0.15, 0.2) is 63.5 Å². The first-order valence-corrected chi connectivity index (χ1v) is 10.8. The van der Waals surface area contributed by atoms with Gasteiger partial charge in [-0.25, -0.2) is 4.99 Å². The number of likely N-dealkylation sites (N-methyl/N-ethyl adjacent to an activating group) is 1. The molecule has 1 aromatic carbocycles. The van der Waals surface area contributed by atoms with E-state index in [2.05, 4.69) is 10.2 Å². The van der Waals surface area contributed by atoms with Gasteiger partial charge in [0.15, 0.2) is 11.1 Å². The summed E-state index contributed by atoms with van der Waals surface area (Å²) in [6.45, 7) is 1.94. The summed E-state index contributed by atoms with van der Waals surface area (Å²) in [5, 5.41) is 11.3. The minimum Gasteiger partial charge on any atom is -0.464 e. The Bertz CT molecular complexity index is 1330. The van der Waals surface area contributed by atoms with E-state index >= 15 is 0 Å². The normalized spacial score (nSPS) is 21.5. The third kappa shape index (κ3) is 3.19. The zero-order valence-electron chi connectivity index (χ0n) is 16.7. The van der Waals surface area contributed by atoms with E-state index in [1.807, 2.05) is 48.7 Å². The van der Waals surface area contributed by atoms with Crippen LogP contribution >= 0.6 is 22.9 Å². The number of furan rings is 1. The van der Waals surface area contributed by atoms with Gasteiger partial charge in [0.05, 0.1) is 17.9 Å². The molecule has 1 aliphatic heterocycles. The van der Waals surface area contributed by atoms with Gasteiger partial charge in [0.1, 0.15) is 11.1 Å². The number of thiophene rings is 1. The molecule has 3 aromatic heterocycles. The van der Waals surface area contributed by atoms with Crippen LogP contribution in [0.4, 0.5) is 0 Å². The van der Waals surface area contributed by atoms with Crippen molar-refractivity contribution >= 4 is 45.8 Å². The smallest absolute Gasteiger partial charge is 0.239 e. The van der Waals surface area contributed by atoms with Crippen LogP contribution in [0.2, 0.25) is 5.15 Å². The molecular weight excluding hydrogens is 434 g/mol. The molecule has 7 nitrogen and oxygen atoms in total. The van der Waals surface area contributed by atoms with Crippen LogP contribution in [-0.4, -0.2) is 34.0 Å². The maximum atomic E-state index is 13.4. The molecule has 0 radical (unpaired) electrons. The average molecular weight is 452 g/mol. The molecule has 2 atom stereocenters. The monoisotopic (exact) mass is 451 g/mol. The zero-order valence-corrected chi connectivity index (χ0v) is 18.3. The number of amides is 1. The van der Waals surface area contributed by atoms with Crippen molar-refractivity contribution in [2.75, 3.05) is 7.05 Å². The SMILES string of the molecule is CN1C(=O)C(c2ccc3occc3c2)[C@@](C)(c2cc(-c3ccc(Cl)nn3)cs2)N=C1N. The fourth-order valence-corrected chi connectivity index (χ4v) is 5.10. The predicted molar refractivity (Wildman–Crippen MR) is 121 cm³/mol. The Morgan fingerprint density at radius 2 is 2.03 bits per heavy atom. The molecule has 0 saturated carbocycles. The van der Waals surface area contributed by atoms with Crippen molar-refractivity contribution in [3.63, 3.8) is 0 Å². The van der Waals surface area contributed by atoms with Gasteiger partial charge in [-0.05, 0) is 48.9 Å². The maximum absolute atomic E-state index is 13.4. The summed E-state index contributed by atoms with van der Waals surface area (Å²) in [5.74, 6) is -0.472. The number of aliphatic imine (C=N–C) groups is 1. The van der Waals surface area contributed by atoms with E-state index in [1.54, 1.807) is 19.4 Å². The Morgan fingerprint density at radius 3 is 2.81 bits per heavy atom. The number of halogens is 1. The second kappa shape index (κ2) is 7.18. The highest BCUT2D eigenvalue weighted by Crippen LogP contribution is 2.47. The summed E-state index contributed by atoms with van der Waals surface area (Å²) < 4.78 is 5.46. The largest absolute Gasteiger partial charge is 0.464 e. The van der Waals surface area contributed by atoms with Gasteiger partial charge in [-0.2, -0.15) is 0 Å². The number of guanidine groups is 1. The molecule has 5 rings (SSSR count). The number of fused-ring (bicyclic) bond motifs is 1. The lowest BCUT2D eigenvalue weighted by atomic mass is 9.77. The van der Waals surface area contributed by atoms with E-state index in [1.165, 1.54) is 16.2 Å². The number of carbonyl (C=O) groups excluding carboxylic acids is 1. The predicted octanol–water partition coefficient (Wildman–Crippen LogP) is 4.39. The van der Waals surface area contributed by atoms with Crippen LogP contribution in [0.25, 0.3) is 22.2 Å². The molecule has 0 aliphatic carbocycles. The van der Waals surface area contributed by atoms with Gasteiger partial charge in [0, 0.05) is 28.3 Å². The molecule has 9 heteroatoms. The molecule has 0 bridgehead atoms. The summed E-state index contributed by atoms with van der Waals surface area (Å²) in [6.07, 6.45) is 1.64. The molecule has 1 aliphatic rings. The first-order chi connectivity index (χ1) is 14.9. The van der Waals surface area contributed by atoms with Crippen molar-refractivity contribution < 1.29 is 9.21 Å². The Hall–Kier alpha value is -3.23. The van der Waals surface area contributed by atoms with Crippen LogP contribution in [-0.2, 0) is 10.3 Å². The number of nitrogens with zero attached hydrogens (tertiary/aromatic N) is 4. The van der Waals surface area contributed by atoms with Gasteiger partial charge in [0.2, 0.25) is 5.91 Å². The van der Waals surface area contributed by atoms with Crippen molar-refractivity contribution in [3.05, 3.63) is 69.7 Å². The number of rotatable bonds is 3. The molecule has 0 saturated heterocycles. The van der Waals surface area contributed by atoms with Crippen LogP contribution < -0.4 is 5.73 Å². The van der Waals surface area contributed by atoms with Crippen molar-refractivity contribution in [1.29, 1.82) is 0 Å². The van der Waals surface area contributed by atoms with Crippen molar-refractivity contribution in [2.24, 2.45) is 10.7 Å². The standard InChI is InChI=1S/C22H18ClN5O2S/c1-22(17-10-14(11-31-17)15-4-6-18(23)27-26-15)19(20(29)28(2)21(24)25-22)13-3-5-16-12(9-13)7-8-30-16/h3-11,19H,1-2H3,(H2,24,25)/t19?,22-/m1/s1. The number of hydrogen-bond acceptors (Lipinski definition) is 7. The van der Waals surface area contributed by atoms with Crippen molar-refractivity contribution in [1.82, 2.24) is 15.1 Å². The molecule has 4 aromatic rings. The lowest BCUT2D eigenvalue weighted by Crippen LogP contribution is -2.52. The topological polar surface area (TPSA) is 97.6 Å². The van der Waals surface area contributed by atoms with Crippen molar-refractivity contribution in [3.8, 4) is 11.3 Å². The van der Waals surface area contributed by atoms with E-state index < -0.39 is 11.5 Å². The first-order valence-electron chi connectivity index (χ1n) is 9.55. The number of nitrogens with two attached hydrogens (primary N) is 1. The minimum absolute atomic E-state index is 0.112. The van der Waals surface area contributed by atoms with E-state index in [4.69, 9.17) is 26.7 Å². The Morgan fingerprint density at radius 1 is 1.19 bits per heavy atom. The van der Waals surface area contributed by atoms with Gasteiger partial charge < -0.3 is 10.2 Å². The van der Waals surface area contributed by atoms with Crippen LogP contribution in [0.5, 0.6) is 0 Å². The summed E-state index contributed by atoms with van der Waals surface area (Å²) in [6, 6.07) is 13.1. The second-order valence-corrected chi connectivity index (χ2v) is 8.91. The number of carbonyl (C=O) groups is 1. The number of hydrogen-bond donors (Lipinski definition) is 1. The minimum atomic E-state index is -0.881. The van der Waals surface area contributed by atoms with Crippen LogP contribution in [0.3, 0.4) is 0 Å². The third-order valence-corrected chi connectivity index (χ3v) is 7.02. The Labute approximate surface area is 187 Å². The molecule has 0 fully saturated rings. The highest BCUT2D eigenvalue weighted by molar-refractivity contribution is 7.10. The molecular formula is C22H18ClN5O2S. The Balaban J connectivity index is 1.64. The van der Waals surface area contributed by atoms with E-state index in [0.717, 1.165) is 27.0 Å². The highest BCUT2D eigenvalue weighted by atomic mass is 35.5. The summed E-state index contributed by atoms with van der Waals surface area (Å²) in [5.41, 5.74) is 8.46. The summed E-state index contributed by atoms with van der Waals surface area (Å²) >= 11 is 7.37. The van der Waals surface area contributed by atoms with E-state index in [9.17, 15) is 4.79 Å². The van der Waals surface area contributed by atoms with Crippen molar-refractivity contribution in [2.45, 2.75) is 18.4 Å². The van der Waals surface area contributed by atoms with Gasteiger partial charge in [-0.3, -0.25) is 9.69 Å². The highest BCUT2D eigenvalue weighted by Gasteiger charge is 2.48. The molecule has 31 heavy (non-hydrogen) atoms. The lowest BCUT2D eigenvalue weighted by Gasteiger charge is -2.40. The summed E-state index contributed by atoms with van der Waals surface area (Å²) in [7, 11) is 1.65. The molecule has 156 valence electrons. The quantitative estimate of drug-likeness (QED) is 0.498. The van der Waals surface area contributed by atoms with Gasteiger partial charge >= 0.3 is 0 Å². The van der Waals surface area contributed by atoms with Gasteiger partial charge in [-0.1, -0.05) is 17.7 Å². The molecule has 1 amide bonds. The molecule has 4 heterocycles. The van der Waals surface area contributed by atoms with E-state index in [0.29, 0.717) is 10.8 Å². The number of benzene rings is 1. The molecule has 2 N–H and O–H groups in total. The summed E-state index contributed by atoms with van der Waals surface area (Å²) in [4.78, 5) is 20.5. The van der Waals surface area contributed by atoms with Gasteiger partial charge in [-0.15, -0.1) is 21.5 Å². The third-order valence-electron chi connectivity index (χ3n) is 5.67. The molecule has 0 spiro atoms. The fourth-order valence-electron chi connectivity index (χ4n) is 3.96.